The van der Waals surface area contributed by atoms with E-state index in [0.717, 1.165) is 4.88 Å². The van der Waals surface area contributed by atoms with Crippen LogP contribution in [0, 0.1) is 16.0 Å². The van der Waals surface area contributed by atoms with Crippen LogP contribution in [-0.4, -0.2) is 34.7 Å². The second-order valence-corrected chi connectivity index (χ2v) is 6.98. The van der Waals surface area contributed by atoms with E-state index in [1.54, 1.807) is 6.20 Å². The monoisotopic (exact) mass is 360 g/mol. The smallest absolute Gasteiger partial charge is 0.289 e. The van der Waals surface area contributed by atoms with Gasteiger partial charge in [-0.2, -0.15) is 0 Å². The molecule has 0 saturated heterocycles. The van der Waals surface area contributed by atoms with Crippen molar-refractivity contribution in [2.45, 2.75) is 39.5 Å². The second-order valence-electron chi connectivity index (χ2n) is 5.29. The Hall–Kier alpha value is -1.38. The molecular weight excluding hydrogens is 340 g/mol. The van der Waals surface area contributed by atoms with Crippen LogP contribution in [0.25, 0.3) is 0 Å². The Morgan fingerprint density at radius 3 is 2.87 bits per heavy atom. The Bertz CT molecular complexity index is 592. The van der Waals surface area contributed by atoms with Crippen molar-refractivity contribution < 1.29 is 9.66 Å². The highest BCUT2D eigenvalue weighted by atomic mass is 35.5. The highest BCUT2D eigenvalue weighted by Crippen LogP contribution is 2.33. The van der Waals surface area contributed by atoms with Crippen LogP contribution >= 0.6 is 22.9 Å². The Morgan fingerprint density at radius 1 is 1.61 bits per heavy atom. The number of nitrogens with zero attached hydrogens (tertiary/aromatic N) is 3. The molecule has 1 aromatic rings. The molecule has 0 radical (unpaired) electrons. The number of nitro groups is 1. The molecule has 0 amide bonds. The van der Waals surface area contributed by atoms with Crippen molar-refractivity contribution in [2.24, 2.45) is 5.92 Å². The summed E-state index contributed by atoms with van der Waals surface area (Å²) >= 11 is 7.18. The molecule has 1 N–H and O–H groups in total. The van der Waals surface area contributed by atoms with Crippen molar-refractivity contribution in [3.05, 3.63) is 37.2 Å². The Kier molecular flexibility index (Phi) is 6.20. The van der Waals surface area contributed by atoms with Gasteiger partial charge in [0.1, 0.15) is 6.23 Å². The van der Waals surface area contributed by atoms with Gasteiger partial charge in [-0.3, -0.25) is 10.1 Å². The molecule has 1 aliphatic heterocycles. The van der Waals surface area contributed by atoms with E-state index in [0.29, 0.717) is 36.3 Å². The van der Waals surface area contributed by atoms with Crippen molar-refractivity contribution in [1.29, 1.82) is 0 Å². The number of hydrogen-bond donors (Lipinski definition) is 1. The van der Waals surface area contributed by atoms with Crippen LogP contribution in [0.3, 0.4) is 0 Å². The van der Waals surface area contributed by atoms with Gasteiger partial charge in [-0.1, -0.05) is 18.5 Å². The topological polar surface area (TPSA) is 80.5 Å². The van der Waals surface area contributed by atoms with E-state index in [2.05, 4.69) is 10.3 Å². The van der Waals surface area contributed by atoms with Gasteiger partial charge in [0.15, 0.2) is 10.3 Å². The summed E-state index contributed by atoms with van der Waals surface area (Å²) < 4.78 is 6.20. The van der Waals surface area contributed by atoms with Crippen LogP contribution in [0.4, 0.5) is 0 Å². The van der Waals surface area contributed by atoms with E-state index >= 15 is 0 Å². The molecule has 0 bridgehead atoms. The Balaban J connectivity index is 2.27. The van der Waals surface area contributed by atoms with Gasteiger partial charge in [-0.15, -0.1) is 11.3 Å². The highest BCUT2D eigenvalue weighted by molar-refractivity contribution is 7.15. The summed E-state index contributed by atoms with van der Waals surface area (Å²) in [5, 5.41) is 14.7. The molecule has 7 nitrogen and oxygen atoms in total. The Labute approximate surface area is 144 Å². The molecule has 0 aromatic carbocycles. The van der Waals surface area contributed by atoms with E-state index in [-0.39, 0.29) is 22.8 Å². The van der Waals surface area contributed by atoms with Crippen LogP contribution < -0.4 is 5.32 Å². The average molecular weight is 361 g/mol. The normalized spacial score (nSPS) is 21.7. The standard InChI is InChI=1S/C14H21ClN4O3S/c1-4-9-6-11(22-5-2)18(3)13(12(9)19(20)21)16-7-10-8-17-14(15)23-10/h8-9,11,16H,4-7H2,1-3H3. The summed E-state index contributed by atoms with van der Waals surface area (Å²) in [7, 11) is 1.82. The van der Waals surface area contributed by atoms with E-state index in [4.69, 9.17) is 16.3 Å². The van der Waals surface area contributed by atoms with Crippen molar-refractivity contribution in [3.8, 4) is 0 Å². The first-order valence-electron chi connectivity index (χ1n) is 7.54. The second kappa shape index (κ2) is 7.94. The molecule has 2 rings (SSSR count). The number of rotatable bonds is 7. The number of allylic oxidation sites excluding steroid dienone is 1. The van der Waals surface area contributed by atoms with Gasteiger partial charge in [0, 0.05) is 31.1 Å². The molecule has 128 valence electrons. The summed E-state index contributed by atoms with van der Waals surface area (Å²) in [6.45, 7) is 4.89. The van der Waals surface area contributed by atoms with Crippen LogP contribution in [0.5, 0.6) is 0 Å². The van der Waals surface area contributed by atoms with Crippen molar-refractivity contribution in [2.75, 3.05) is 13.7 Å². The van der Waals surface area contributed by atoms with Gasteiger partial charge in [-0.05, 0) is 13.3 Å². The maximum atomic E-state index is 11.6. The summed E-state index contributed by atoms with van der Waals surface area (Å²) in [5.41, 5.74) is 0.224. The van der Waals surface area contributed by atoms with Gasteiger partial charge in [0.25, 0.3) is 5.70 Å². The molecule has 0 spiro atoms. The molecule has 23 heavy (non-hydrogen) atoms. The first-order valence-corrected chi connectivity index (χ1v) is 8.74. The number of hydrogen-bond acceptors (Lipinski definition) is 7. The predicted octanol–water partition coefficient (Wildman–Crippen LogP) is 3.06. The summed E-state index contributed by atoms with van der Waals surface area (Å²) in [6, 6.07) is 0. The van der Waals surface area contributed by atoms with Gasteiger partial charge < -0.3 is 15.0 Å². The molecule has 1 aliphatic rings. The lowest BCUT2D eigenvalue weighted by atomic mass is 9.93. The minimum Gasteiger partial charge on any atom is -0.361 e. The quantitative estimate of drug-likeness (QED) is 0.594. The number of halogens is 1. The van der Waals surface area contributed by atoms with E-state index in [9.17, 15) is 10.1 Å². The number of aromatic nitrogens is 1. The van der Waals surface area contributed by atoms with E-state index in [1.807, 2.05) is 25.8 Å². The van der Waals surface area contributed by atoms with Crippen LogP contribution in [0.2, 0.25) is 4.47 Å². The Morgan fingerprint density at radius 2 is 2.35 bits per heavy atom. The third-order valence-corrected chi connectivity index (χ3v) is 5.02. The maximum Gasteiger partial charge on any atom is 0.289 e. The molecule has 0 aliphatic carbocycles. The van der Waals surface area contributed by atoms with Crippen molar-refractivity contribution in [1.82, 2.24) is 15.2 Å². The van der Waals surface area contributed by atoms with Crippen molar-refractivity contribution >= 4 is 22.9 Å². The molecule has 1 aromatic heterocycles. The number of ether oxygens (including phenoxy) is 1. The third-order valence-electron chi connectivity index (χ3n) is 3.90. The van der Waals surface area contributed by atoms with Gasteiger partial charge >= 0.3 is 0 Å². The lowest BCUT2D eigenvalue weighted by molar-refractivity contribution is -0.440. The zero-order valence-corrected chi connectivity index (χ0v) is 15.0. The SMILES string of the molecule is CCOC1CC(CC)C([N+](=O)[O-])=C(NCc2cnc(Cl)s2)N1C. The number of thiazole rings is 1. The fourth-order valence-corrected chi connectivity index (χ4v) is 3.67. The summed E-state index contributed by atoms with van der Waals surface area (Å²) in [6.07, 6.45) is 2.83. The van der Waals surface area contributed by atoms with Crippen LogP contribution in [0.1, 0.15) is 31.6 Å². The molecule has 2 atom stereocenters. The summed E-state index contributed by atoms with van der Waals surface area (Å²) in [5.74, 6) is 0.376. The van der Waals surface area contributed by atoms with Gasteiger partial charge in [0.2, 0.25) is 0 Å². The minimum absolute atomic E-state index is 0.134. The fourth-order valence-electron chi connectivity index (χ4n) is 2.75. The fraction of sp³-hybridized carbons (Fsp3) is 0.643. The molecule has 9 heteroatoms. The minimum atomic E-state index is -0.283. The van der Waals surface area contributed by atoms with Crippen LogP contribution in [0.15, 0.2) is 17.7 Å². The number of nitrogens with one attached hydrogen (secondary N) is 1. The molecular formula is C14H21ClN4O3S. The lowest BCUT2D eigenvalue weighted by Crippen LogP contribution is -2.46. The maximum absolute atomic E-state index is 11.6. The molecule has 0 fully saturated rings. The van der Waals surface area contributed by atoms with E-state index < -0.39 is 0 Å². The lowest BCUT2D eigenvalue weighted by Gasteiger charge is -2.37. The third kappa shape index (κ3) is 4.13. The molecule has 2 unspecified atom stereocenters. The summed E-state index contributed by atoms with van der Waals surface area (Å²) in [4.78, 5) is 18.0. The van der Waals surface area contributed by atoms with Crippen LogP contribution in [-0.2, 0) is 11.3 Å². The first kappa shape index (κ1) is 18.0. The zero-order chi connectivity index (χ0) is 17.0. The zero-order valence-electron chi connectivity index (χ0n) is 13.4. The highest BCUT2D eigenvalue weighted by Gasteiger charge is 2.39. The van der Waals surface area contributed by atoms with Crippen molar-refractivity contribution in [3.63, 3.8) is 0 Å². The molecule has 0 saturated carbocycles. The largest absolute Gasteiger partial charge is 0.361 e. The van der Waals surface area contributed by atoms with E-state index in [1.165, 1.54) is 11.3 Å². The average Bonchev–Trinajstić information content (AvgIpc) is 2.93. The van der Waals surface area contributed by atoms with Gasteiger partial charge in [0.05, 0.1) is 17.4 Å². The van der Waals surface area contributed by atoms with Gasteiger partial charge in [-0.25, -0.2) is 4.98 Å². The molecule has 2 heterocycles. The first-order chi connectivity index (χ1) is 11.0. The predicted molar refractivity (Wildman–Crippen MR) is 89.6 cm³/mol.